The van der Waals surface area contributed by atoms with E-state index in [1.165, 1.54) is 24.5 Å². The van der Waals surface area contributed by atoms with Crippen LogP contribution in [0.5, 0.6) is 0 Å². The first-order chi connectivity index (χ1) is 9.06. The Kier molecular flexibility index (Phi) is 6.03. The first kappa shape index (κ1) is 15.2. The lowest BCUT2D eigenvalue weighted by Crippen LogP contribution is -2.40. The highest BCUT2D eigenvalue weighted by atomic mass is 16.4. The van der Waals surface area contributed by atoms with Crippen LogP contribution in [0, 0.1) is 0 Å². The van der Waals surface area contributed by atoms with Crippen LogP contribution in [0.15, 0.2) is 29.6 Å². The fourth-order valence-electron chi connectivity index (χ4n) is 1.16. The maximum atomic E-state index is 11.5. The summed E-state index contributed by atoms with van der Waals surface area (Å²) in [5, 5.41) is 39.7. The molecule has 0 bridgehead atoms. The first-order valence-electron chi connectivity index (χ1n) is 5.45. The van der Waals surface area contributed by atoms with Gasteiger partial charge in [-0.3, -0.25) is 9.78 Å². The first-order valence-corrected chi connectivity index (χ1v) is 5.45. The van der Waals surface area contributed by atoms with Gasteiger partial charge < -0.3 is 20.4 Å². The summed E-state index contributed by atoms with van der Waals surface area (Å²) >= 11 is 0. The van der Waals surface area contributed by atoms with Gasteiger partial charge in [0, 0.05) is 18.0 Å². The fourth-order valence-corrected chi connectivity index (χ4v) is 1.16. The Hall–Kier alpha value is -1.87. The molecule has 3 atom stereocenters. The minimum Gasteiger partial charge on any atom is -0.394 e. The summed E-state index contributed by atoms with van der Waals surface area (Å²) in [7, 11) is 0. The second kappa shape index (κ2) is 7.54. The van der Waals surface area contributed by atoms with Crippen LogP contribution in [0.1, 0.15) is 10.4 Å². The molecule has 1 amide bonds. The van der Waals surface area contributed by atoms with Gasteiger partial charge in [0.1, 0.15) is 18.3 Å². The number of carbonyl (C=O) groups excluding carboxylic acids is 1. The number of hydrogen-bond donors (Lipinski definition) is 5. The maximum Gasteiger partial charge on any atom is 0.271 e. The zero-order valence-corrected chi connectivity index (χ0v) is 9.92. The lowest BCUT2D eigenvalue weighted by Gasteiger charge is -2.17. The SMILES string of the molecule is O=C(N/N=C/[C@@H](O)[C@H](O)[C@H](O)CO)c1ccncc1. The van der Waals surface area contributed by atoms with Gasteiger partial charge in [0.25, 0.3) is 5.91 Å². The van der Waals surface area contributed by atoms with Crippen molar-refractivity contribution in [3.8, 4) is 0 Å². The van der Waals surface area contributed by atoms with Gasteiger partial charge in [-0.15, -0.1) is 0 Å². The molecule has 0 saturated heterocycles. The zero-order chi connectivity index (χ0) is 14.3. The minimum absolute atomic E-state index is 0.331. The van der Waals surface area contributed by atoms with E-state index in [2.05, 4.69) is 15.5 Å². The molecule has 5 N–H and O–H groups in total. The third-order valence-corrected chi connectivity index (χ3v) is 2.27. The van der Waals surface area contributed by atoms with Crippen LogP contribution < -0.4 is 5.43 Å². The third kappa shape index (κ3) is 4.72. The number of rotatable bonds is 6. The summed E-state index contributed by atoms with van der Waals surface area (Å²) in [6, 6.07) is 2.96. The van der Waals surface area contributed by atoms with Crippen LogP contribution in [-0.2, 0) is 0 Å². The summed E-state index contributed by atoms with van der Waals surface area (Å²) in [5.41, 5.74) is 2.46. The van der Waals surface area contributed by atoms with Crippen LogP contribution in [0.3, 0.4) is 0 Å². The van der Waals surface area contributed by atoms with Crippen molar-refractivity contribution in [3.05, 3.63) is 30.1 Å². The molecule has 8 heteroatoms. The third-order valence-electron chi connectivity index (χ3n) is 2.27. The summed E-state index contributed by atoms with van der Waals surface area (Å²) in [6.45, 7) is -0.699. The Labute approximate surface area is 109 Å². The molecule has 1 aromatic rings. The molecular weight excluding hydrogens is 254 g/mol. The minimum atomic E-state index is -1.59. The largest absolute Gasteiger partial charge is 0.394 e. The van der Waals surface area contributed by atoms with Gasteiger partial charge in [0.2, 0.25) is 0 Å². The summed E-state index contributed by atoms with van der Waals surface area (Å²) in [6.07, 6.45) is -0.865. The number of carbonyl (C=O) groups is 1. The standard InChI is InChI=1S/C11H15N3O5/c15-6-9(17)10(18)8(16)5-13-14-11(19)7-1-3-12-4-2-7/h1-5,8-10,15-18H,6H2,(H,14,19)/b13-5+/t8-,9-,10+/m1/s1. The Balaban J connectivity index is 2.48. The number of nitrogens with one attached hydrogen (secondary N) is 1. The van der Waals surface area contributed by atoms with Crippen LogP contribution in [0.2, 0.25) is 0 Å². The van der Waals surface area contributed by atoms with E-state index in [0.717, 1.165) is 6.21 Å². The van der Waals surface area contributed by atoms with Gasteiger partial charge in [-0.25, -0.2) is 5.43 Å². The van der Waals surface area contributed by atoms with Crippen molar-refractivity contribution in [2.75, 3.05) is 6.61 Å². The van der Waals surface area contributed by atoms with E-state index in [4.69, 9.17) is 10.2 Å². The molecule has 0 aromatic carbocycles. The second-order valence-corrected chi connectivity index (χ2v) is 3.69. The fraction of sp³-hybridized carbons (Fsp3) is 0.364. The molecule has 104 valence electrons. The molecule has 0 fully saturated rings. The van der Waals surface area contributed by atoms with Crippen molar-refractivity contribution in [1.82, 2.24) is 10.4 Å². The van der Waals surface area contributed by atoms with Crippen molar-refractivity contribution in [3.63, 3.8) is 0 Å². The molecule has 1 aromatic heterocycles. The van der Waals surface area contributed by atoms with E-state index in [1.54, 1.807) is 0 Å². The Morgan fingerprint density at radius 1 is 1.37 bits per heavy atom. The average molecular weight is 269 g/mol. The van der Waals surface area contributed by atoms with Gasteiger partial charge in [-0.2, -0.15) is 5.10 Å². The van der Waals surface area contributed by atoms with Crippen LogP contribution in [-0.4, -0.2) is 62.5 Å². The molecule has 0 unspecified atom stereocenters. The quantitative estimate of drug-likeness (QED) is 0.296. The smallest absolute Gasteiger partial charge is 0.271 e. The Morgan fingerprint density at radius 3 is 2.58 bits per heavy atom. The lowest BCUT2D eigenvalue weighted by molar-refractivity contribution is -0.0542. The van der Waals surface area contributed by atoms with Crippen LogP contribution in [0.25, 0.3) is 0 Å². The van der Waals surface area contributed by atoms with E-state index < -0.39 is 30.8 Å². The van der Waals surface area contributed by atoms with Crippen molar-refractivity contribution in [1.29, 1.82) is 0 Å². The zero-order valence-electron chi connectivity index (χ0n) is 9.92. The van der Waals surface area contributed by atoms with Gasteiger partial charge in [0.15, 0.2) is 0 Å². The Morgan fingerprint density at radius 2 is 2.00 bits per heavy atom. The average Bonchev–Trinajstić information content (AvgIpc) is 2.46. The topological polar surface area (TPSA) is 135 Å². The number of nitrogens with zero attached hydrogens (tertiary/aromatic N) is 2. The summed E-state index contributed by atoms with van der Waals surface area (Å²) in [4.78, 5) is 15.2. The lowest BCUT2D eigenvalue weighted by atomic mass is 10.1. The predicted molar refractivity (Wildman–Crippen MR) is 65.3 cm³/mol. The highest BCUT2D eigenvalue weighted by Gasteiger charge is 2.22. The van der Waals surface area contributed by atoms with Crippen LogP contribution >= 0.6 is 0 Å². The summed E-state index contributed by atoms with van der Waals surface area (Å²) in [5.74, 6) is -0.511. The number of hydrogen-bond acceptors (Lipinski definition) is 7. The van der Waals surface area contributed by atoms with Gasteiger partial charge >= 0.3 is 0 Å². The number of aromatic nitrogens is 1. The van der Waals surface area contributed by atoms with E-state index in [9.17, 15) is 15.0 Å². The molecule has 0 aliphatic carbocycles. The number of pyridine rings is 1. The molecule has 8 nitrogen and oxygen atoms in total. The maximum absolute atomic E-state index is 11.5. The molecule has 0 spiro atoms. The summed E-state index contributed by atoms with van der Waals surface area (Å²) < 4.78 is 0. The van der Waals surface area contributed by atoms with Gasteiger partial charge in [-0.05, 0) is 12.1 Å². The number of aliphatic hydroxyl groups excluding tert-OH is 4. The molecule has 1 heterocycles. The molecule has 0 aliphatic rings. The van der Waals surface area contributed by atoms with Gasteiger partial charge in [-0.1, -0.05) is 0 Å². The highest BCUT2D eigenvalue weighted by Crippen LogP contribution is 1.98. The second-order valence-electron chi connectivity index (χ2n) is 3.69. The van der Waals surface area contributed by atoms with Crippen LogP contribution in [0.4, 0.5) is 0 Å². The molecule has 0 saturated carbocycles. The van der Waals surface area contributed by atoms with E-state index in [0.29, 0.717) is 5.56 Å². The Bertz CT molecular complexity index is 426. The normalized spacial score (nSPS) is 16.0. The molecule has 19 heavy (non-hydrogen) atoms. The number of aliphatic hydroxyl groups is 4. The van der Waals surface area contributed by atoms with Crippen molar-refractivity contribution in [2.24, 2.45) is 5.10 Å². The molecule has 0 aliphatic heterocycles. The molecular formula is C11H15N3O5. The van der Waals surface area contributed by atoms with E-state index in [1.807, 2.05) is 0 Å². The van der Waals surface area contributed by atoms with E-state index >= 15 is 0 Å². The molecule has 0 radical (unpaired) electrons. The monoisotopic (exact) mass is 269 g/mol. The predicted octanol–water partition coefficient (Wildman–Crippen LogP) is -2.13. The van der Waals surface area contributed by atoms with E-state index in [-0.39, 0.29) is 0 Å². The van der Waals surface area contributed by atoms with Crippen molar-refractivity contribution in [2.45, 2.75) is 18.3 Å². The molecule has 1 rings (SSSR count). The van der Waals surface area contributed by atoms with Crippen molar-refractivity contribution < 1.29 is 25.2 Å². The van der Waals surface area contributed by atoms with Crippen molar-refractivity contribution >= 4 is 12.1 Å². The number of hydrazone groups is 1. The highest BCUT2D eigenvalue weighted by molar-refractivity contribution is 5.94. The van der Waals surface area contributed by atoms with Gasteiger partial charge in [0.05, 0.1) is 12.8 Å². The number of amides is 1.